The Morgan fingerprint density at radius 3 is 2.43 bits per heavy atom. The Labute approximate surface area is 131 Å². The van der Waals surface area contributed by atoms with Crippen LogP contribution in [0.4, 0.5) is 0 Å². The van der Waals surface area contributed by atoms with E-state index in [0.29, 0.717) is 10.8 Å². The monoisotopic (exact) mass is 290 g/mol. The van der Waals surface area contributed by atoms with Crippen molar-refractivity contribution in [1.29, 1.82) is 0 Å². The molecule has 5 rings (SSSR count). The molecule has 1 heterocycles. The van der Waals surface area contributed by atoms with Gasteiger partial charge in [-0.2, -0.15) is 0 Å². The fourth-order valence-corrected chi connectivity index (χ4v) is 6.92. The van der Waals surface area contributed by atoms with Crippen LogP contribution in [0.1, 0.15) is 64.7 Å². The summed E-state index contributed by atoms with van der Waals surface area (Å²) in [7, 11) is 0. The highest BCUT2D eigenvalue weighted by Gasteiger charge is 2.55. The minimum absolute atomic E-state index is 0.687. The van der Waals surface area contributed by atoms with Gasteiger partial charge in [0.05, 0.1) is 0 Å². The molecule has 0 spiro atoms. The van der Waals surface area contributed by atoms with Gasteiger partial charge in [0.1, 0.15) is 0 Å². The topological polar surface area (TPSA) is 15.3 Å². The van der Waals surface area contributed by atoms with E-state index in [9.17, 15) is 0 Å². The van der Waals surface area contributed by atoms with Crippen molar-refractivity contribution in [3.8, 4) is 0 Å². The average Bonchev–Trinajstić information content (AvgIpc) is 2.88. The molecule has 0 radical (unpaired) electrons. The Bertz CT molecular complexity index is 358. The van der Waals surface area contributed by atoms with E-state index in [0.717, 1.165) is 11.8 Å². The van der Waals surface area contributed by atoms with Crippen LogP contribution in [0, 0.1) is 22.7 Å². The lowest BCUT2D eigenvalue weighted by molar-refractivity contribution is -0.0997. The van der Waals surface area contributed by atoms with Gasteiger partial charge in [0.2, 0.25) is 0 Å². The third-order valence-electron chi connectivity index (χ3n) is 7.00. The molecule has 5 aliphatic rings. The summed E-state index contributed by atoms with van der Waals surface area (Å²) in [5, 5.41) is 3.86. The van der Waals surface area contributed by atoms with Crippen LogP contribution in [0.5, 0.6) is 0 Å². The van der Waals surface area contributed by atoms with Crippen LogP contribution in [-0.4, -0.2) is 37.6 Å². The van der Waals surface area contributed by atoms with Gasteiger partial charge in [-0.1, -0.05) is 6.92 Å². The molecule has 1 N–H and O–H groups in total. The molecule has 1 saturated heterocycles. The first kappa shape index (κ1) is 14.5. The van der Waals surface area contributed by atoms with E-state index < -0.39 is 0 Å². The summed E-state index contributed by atoms with van der Waals surface area (Å²) in [6.07, 6.45) is 13.4. The Kier molecular flexibility index (Phi) is 3.82. The first-order valence-corrected chi connectivity index (χ1v) is 9.58. The van der Waals surface area contributed by atoms with Crippen molar-refractivity contribution in [1.82, 2.24) is 10.2 Å². The van der Waals surface area contributed by atoms with Gasteiger partial charge in [-0.15, -0.1) is 0 Å². The van der Waals surface area contributed by atoms with E-state index in [1.165, 1.54) is 71.2 Å². The molecule has 120 valence electrons. The molecule has 0 aromatic rings. The summed E-state index contributed by atoms with van der Waals surface area (Å²) in [4.78, 5) is 2.65. The van der Waals surface area contributed by atoms with Gasteiger partial charge in [-0.3, -0.25) is 0 Å². The summed E-state index contributed by atoms with van der Waals surface area (Å²) >= 11 is 0. The summed E-state index contributed by atoms with van der Waals surface area (Å²) < 4.78 is 0. The van der Waals surface area contributed by atoms with Crippen molar-refractivity contribution in [3.63, 3.8) is 0 Å². The van der Waals surface area contributed by atoms with Crippen molar-refractivity contribution < 1.29 is 0 Å². The number of likely N-dealkylation sites (tertiary alicyclic amines) is 1. The zero-order valence-electron chi connectivity index (χ0n) is 14.0. The Balaban J connectivity index is 1.23. The molecular weight excluding hydrogens is 256 g/mol. The average molecular weight is 290 g/mol. The van der Waals surface area contributed by atoms with E-state index in [2.05, 4.69) is 17.1 Å². The molecule has 2 atom stereocenters. The zero-order chi connectivity index (χ0) is 14.3. The van der Waals surface area contributed by atoms with Crippen LogP contribution in [-0.2, 0) is 0 Å². The second-order valence-corrected chi connectivity index (χ2v) is 9.35. The minimum atomic E-state index is 0.687. The molecule has 0 aromatic heterocycles. The third kappa shape index (κ3) is 3.03. The van der Waals surface area contributed by atoms with Gasteiger partial charge in [0.15, 0.2) is 0 Å². The molecular formula is C19H34N2. The summed E-state index contributed by atoms with van der Waals surface area (Å²) in [5.74, 6) is 2.14. The van der Waals surface area contributed by atoms with E-state index >= 15 is 0 Å². The molecule has 4 bridgehead atoms. The summed E-state index contributed by atoms with van der Waals surface area (Å²) in [6, 6.07) is 0. The molecule has 0 amide bonds. The molecule has 4 saturated carbocycles. The lowest BCUT2D eigenvalue weighted by Crippen LogP contribution is -2.54. The predicted molar refractivity (Wildman–Crippen MR) is 88.4 cm³/mol. The SMILES string of the molecule is CC12CC3CC(C1)CC(CNCCCN1CCCC1)(C3)C2. The molecule has 21 heavy (non-hydrogen) atoms. The summed E-state index contributed by atoms with van der Waals surface area (Å²) in [6.45, 7) is 9.17. The van der Waals surface area contributed by atoms with Crippen LogP contribution in [0.25, 0.3) is 0 Å². The van der Waals surface area contributed by atoms with Gasteiger partial charge in [-0.25, -0.2) is 0 Å². The second kappa shape index (κ2) is 5.53. The number of rotatable bonds is 6. The number of hydrogen-bond donors (Lipinski definition) is 1. The van der Waals surface area contributed by atoms with Crippen LogP contribution in [0.3, 0.4) is 0 Å². The van der Waals surface area contributed by atoms with Crippen molar-refractivity contribution in [2.24, 2.45) is 22.7 Å². The fourth-order valence-electron chi connectivity index (χ4n) is 6.92. The highest BCUT2D eigenvalue weighted by Crippen LogP contribution is 2.64. The van der Waals surface area contributed by atoms with Crippen LogP contribution in [0.2, 0.25) is 0 Å². The van der Waals surface area contributed by atoms with Crippen LogP contribution >= 0.6 is 0 Å². The summed E-state index contributed by atoms with van der Waals surface area (Å²) in [5.41, 5.74) is 1.40. The third-order valence-corrected chi connectivity index (χ3v) is 7.00. The predicted octanol–water partition coefficient (Wildman–Crippen LogP) is 3.67. The molecule has 2 unspecified atom stereocenters. The first-order chi connectivity index (χ1) is 10.1. The molecule has 2 heteroatoms. The Hall–Kier alpha value is -0.0800. The van der Waals surface area contributed by atoms with Gasteiger partial charge in [-0.05, 0) is 107 Å². The highest BCUT2D eigenvalue weighted by molar-refractivity contribution is 5.06. The van der Waals surface area contributed by atoms with Crippen molar-refractivity contribution in [2.45, 2.75) is 64.7 Å². The van der Waals surface area contributed by atoms with Gasteiger partial charge < -0.3 is 10.2 Å². The van der Waals surface area contributed by atoms with Gasteiger partial charge in [0.25, 0.3) is 0 Å². The number of nitrogens with one attached hydrogen (secondary N) is 1. The van der Waals surface area contributed by atoms with Gasteiger partial charge >= 0.3 is 0 Å². The lowest BCUT2D eigenvalue weighted by atomic mass is 9.44. The maximum atomic E-state index is 3.86. The van der Waals surface area contributed by atoms with Crippen LogP contribution in [0.15, 0.2) is 0 Å². The van der Waals surface area contributed by atoms with Crippen molar-refractivity contribution >= 4 is 0 Å². The number of hydrogen-bond acceptors (Lipinski definition) is 2. The minimum Gasteiger partial charge on any atom is -0.316 e. The van der Waals surface area contributed by atoms with Crippen molar-refractivity contribution in [3.05, 3.63) is 0 Å². The quantitative estimate of drug-likeness (QED) is 0.751. The molecule has 0 aromatic carbocycles. The smallest absolute Gasteiger partial charge is 0.000822 e. The lowest BCUT2D eigenvalue weighted by Gasteiger charge is -2.61. The van der Waals surface area contributed by atoms with E-state index in [1.807, 2.05) is 0 Å². The molecule has 1 aliphatic heterocycles. The maximum absolute atomic E-state index is 3.86. The Morgan fingerprint density at radius 1 is 1.05 bits per heavy atom. The van der Waals surface area contributed by atoms with E-state index in [-0.39, 0.29) is 0 Å². The molecule has 4 aliphatic carbocycles. The molecule has 5 fully saturated rings. The Morgan fingerprint density at radius 2 is 1.76 bits per heavy atom. The van der Waals surface area contributed by atoms with Crippen LogP contribution < -0.4 is 5.32 Å². The van der Waals surface area contributed by atoms with E-state index in [4.69, 9.17) is 0 Å². The maximum Gasteiger partial charge on any atom is 0.000822 e. The first-order valence-electron chi connectivity index (χ1n) is 9.58. The normalized spacial score (nSPS) is 45.6. The second-order valence-electron chi connectivity index (χ2n) is 9.35. The standard InChI is InChI=1S/C19H34N2/c1-18-10-16-9-17(11-18)13-19(12-16,14-18)15-20-5-4-8-21-6-2-3-7-21/h16-17,20H,2-15H2,1H3. The fraction of sp³-hybridized carbons (Fsp3) is 1.00. The van der Waals surface area contributed by atoms with Crippen molar-refractivity contribution in [2.75, 3.05) is 32.7 Å². The highest BCUT2D eigenvalue weighted by atomic mass is 15.1. The van der Waals surface area contributed by atoms with E-state index in [1.54, 1.807) is 19.3 Å². The van der Waals surface area contributed by atoms with Gasteiger partial charge in [0, 0.05) is 6.54 Å². The number of nitrogens with zero attached hydrogens (tertiary/aromatic N) is 1. The largest absolute Gasteiger partial charge is 0.316 e. The molecule has 2 nitrogen and oxygen atoms in total. The zero-order valence-corrected chi connectivity index (χ0v) is 14.0.